The zero-order valence-corrected chi connectivity index (χ0v) is 11.9. The third-order valence-corrected chi connectivity index (χ3v) is 4.41. The molecule has 0 unspecified atom stereocenters. The smallest absolute Gasteiger partial charge is 0.227 e. The second-order valence-electron chi connectivity index (χ2n) is 5.69. The van der Waals surface area contributed by atoms with Crippen LogP contribution < -0.4 is 11.1 Å². The van der Waals surface area contributed by atoms with Gasteiger partial charge in [-0.3, -0.25) is 4.79 Å². The molecule has 1 saturated carbocycles. The first-order valence-corrected chi connectivity index (χ1v) is 7.19. The molecule has 0 radical (unpaired) electrons. The van der Waals surface area contributed by atoms with Crippen LogP contribution in [-0.2, 0) is 4.79 Å². The molecule has 104 valence electrons. The van der Waals surface area contributed by atoms with E-state index in [9.17, 15) is 4.79 Å². The summed E-state index contributed by atoms with van der Waals surface area (Å²) in [5.41, 5.74) is 9.01. The molecule has 3 nitrogen and oxygen atoms in total. The molecule has 0 saturated heterocycles. The molecule has 0 heterocycles. The van der Waals surface area contributed by atoms with Crippen molar-refractivity contribution in [3.63, 3.8) is 0 Å². The van der Waals surface area contributed by atoms with E-state index in [2.05, 4.69) is 25.2 Å². The molecule has 2 rings (SSSR count). The fraction of sp³-hybridized carbons (Fsp3) is 0.562. The van der Waals surface area contributed by atoms with Gasteiger partial charge in [-0.1, -0.05) is 12.1 Å². The number of rotatable bonds is 3. The predicted molar refractivity (Wildman–Crippen MR) is 79.0 cm³/mol. The van der Waals surface area contributed by atoms with E-state index in [0.29, 0.717) is 5.92 Å². The van der Waals surface area contributed by atoms with E-state index in [-0.39, 0.29) is 11.8 Å². The fourth-order valence-corrected chi connectivity index (χ4v) is 2.78. The lowest BCUT2D eigenvalue weighted by Crippen LogP contribution is -2.29. The number of anilines is 1. The van der Waals surface area contributed by atoms with Crippen molar-refractivity contribution in [1.82, 2.24) is 0 Å². The number of nitrogens with two attached hydrogens (primary N) is 1. The van der Waals surface area contributed by atoms with Crippen molar-refractivity contribution in [3.05, 3.63) is 29.3 Å². The zero-order chi connectivity index (χ0) is 13.8. The normalized spacial score (nSPS) is 23.1. The molecule has 0 spiro atoms. The highest BCUT2D eigenvalue weighted by atomic mass is 16.1. The van der Waals surface area contributed by atoms with E-state index in [4.69, 9.17) is 5.73 Å². The highest BCUT2D eigenvalue weighted by molar-refractivity contribution is 5.93. The fourth-order valence-electron chi connectivity index (χ4n) is 2.78. The number of amides is 1. The molecule has 3 heteroatoms. The predicted octanol–water partition coefficient (Wildman–Crippen LogP) is 3.01. The van der Waals surface area contributed by atoms with Crippen molar-refractivity contribution in [3.8, 4) is 0 Å². The third-order valence-electron chi connectivity index (χ3n) is 4.41. The molecule has 1 fully saturated rings. The Labute approximate surface area is 115 Å². The van der Waals surface area contributed by atoms with Crippen molar-refractivity contribution in [2.75, 3.05) is 11.9 Å². The first kappa shape index (κ1) is 14.1. The highest BCUT2D eigenvalue weighted by Gasteiger charge is 2.25. The van der Waals surface area contributed by atoms with Crippen LogP contribution in [-0.4, -0.2) is 12.5 Å². The van der Waals surface area contributed by atoms with Crippen molar-refractivity contribution in [1.29, 1.82) is 0 Å². The van der Waals surface area contributed by atoms with Crippen LogP contribution in [0.5, 0.6) is 0 Å². The molecular formula is C16H24N2O. The minimum Gasteiger partial charge on any atom is -0.330 e. The van der Waals surface area contributed by atoms with Gasteiger partial charge in [0.25, 0.3) is 0 Å². The van der Waals surface area contributed by atoms with E-state index < -0.39 is 0 Å². The van der Waals surface area contributed by atoms with Crippen molar-refractivity contribution in [2.24, 2.45) is 17.6 Å². The Balaban J connectivity index is 1.96. The van der Waals surface area contributed by atoms with Gasteiger partial charge in [0.1, 0.15) is 0 Å². The van der Waals surface area contributed by atoms with E-state index in [1.165, 1.54) is 5.56 Å². The number of aryl methyl sites for hydroxylation is 1. The molecule has 1 aromatic carbocycles. The maximum absolute atomic E-state index is 12.3. The maximum atomic E-state index is 12.3. The Morgan fingerprint density at radius 3 is 2.58 bits per heavy atom. The highest BCUT2D eigenvalue weighted by Crippen LogP contribution is 2.29. The summed E-state index contributed by atoms with van der Waals surface area (Å²) in [5.74, 6) is 0.941. The van der Waals surface area contributed by atoms with E-state index in [1.807, 2.05) is 12.1 Å². The monoisotopic (exact) mass is 260 g/mol. The summed E-state index contributed by atoms with van der Waals surface area (Å²) >= 11 is 0. The lowest BCUT2D eigenvalue weighted by molar-refractivity contribution is -0.121. The average Bonchev–Trinajstić information content (AvgIpc) is 2.44. The summed E-state index contributed by atoms with van der Waals surface area (Å²) in [7, 11) is 0. The van der Waals surface area contributed by atoms with Gasteiger partial charge in [0.15, 0.2) is 0 Å². The molecule has 3 N–H and O–H groups in total. The second kappa shape index (κ2) is 6.20. The first-order valence-electron chi connectivity index (χ1n) is 7.19. The van der Waals surface area contributed by atoms with Gasteiger partial charge in [-0.2, -0.15) is 0 Å². The van der Waals surface area contributed by atoms with E-state index in [0.717, 1.165) is 43.5 Å². The molecular weight excluding hydrogens is 236 g/mol. The average molecular weight is 260 g/mol. The van der Waals surface area contributed by atoms with Gasteiger partial charge >= 0.3 is 0 Å². The van der Waals surface area contributed by atoms with Crippen molar-refractivity contribution < 1.29 is 4.79 Å². The quantitative estimate of drug-likeness (QED) is 0.877. The molecule has 0 atom stereocenters. The van der Waals surface area contributed by atoms with Gasteiger partial charge in [-0.05, 0) is 69.2 Å². The summed E-state index contributed by atoms with van der Waals surface area (Å²) in [5, 5.41) is 3.08. The van der Waals surface area contributed by atoms with Gasteiger partial charge in [-0.25, -0.2) is 0 Å². The molecule has 1 aliphatic carbocycles. The molecule has 0 aliphatic heterocycles. The molecule has 19 heavy (non-hydrogen) atoms. The Morgan fingerprint density at radius 2 is 1.95 bits per heavy atom. The lowest BCUT2D eigenvalue weighted by Gasteiger charge is -2.27. The van der Waals surface area contributed by atoms with Gasteiger partial charge in [-0.15, -0.1) is 0 Å². The number of hydrogen-bond acceptors (Lipinski definition) is 2. The SMILES string of the molecule is Cc1cccc(NC(=O)C2CCC(CN)CC2)c1C. The summed E-state index contributed by atoms with van der Waals surface area (Å²) in [6.07, 6.45) is 4.11. The van der Waals surface area contributed by atoms with Crippen LogP contribution in [0.25, 0.3) is 0 Å². The van der Waals surface area contributed by atoms with Crippen LogP contribution in [0.2, 0.25) is 0 Å². The van der Waals surface area contributed by atoms with Gasteiger partial charge < -0.3 is 11.1 Å². The van der Waals surface area contributed by atoms with Crippen LogP contribution in [0, 0.1) is 25.7 Å². The lowest BCUT2D eigenvalue weighted by atomic mass is 9.81. The van der Waals surface area contributed by atoms with Crippen LogP contribution in [0.4, 0.5) is 5.69 Å². The van der Waals surface area contributed by atoms with Crippen LogP contribution in [0.3, 0.4) is 0 Å². The summed E-state index contributed by atoms with van der Waals surface area (Å²) in [6, 6.07) is 6.03. The van der Waals surface area contributed by atoms with Gasteiger partial charge in [0.2, 0.25) is 5.91 Å². The van der Waals surface area contributed by atoms with Crippen molar-refractivity contribution in [2.45, 2.75) is 39.5 Å². The number of benzene rings is 1. The molecule has 1 amide bonds. The molecule has 0 aromatic heterocycles. The Kier molecular flexibility index (Phi) is 4.59. The van der Waals surface area contributed by atoms with E-state index in [1.54, 1.807) is 0 Å². The summed E-state index contributed by atoms with van der Waals surface area (Å²) in [4.78, 5) is 12.3. The minimum atomic E-state index is 0.155. The zero-order valence-electron chi connectivity index (χ0n) is 11.9. The van der Waals surface area contributed by atoms with E-state index >= 15 is 0 Å². The van der Waals surface area contributed by atoms with Crippen LogP contribution in [0.1, 0.15) is 36.8 Å². The largest absolute Gasteiger partial charge is 0.330 e. The maximum Gasteiger partial charge on any atom is 0.227 e. The number of carbonyl (C=O) groups excluding carboxylic acids is 1. The molecule has 1 aliphatic rings. The molecule has 1 aromatic rings. The Morgan fingerprint density at radius 1 is 1.26 bits per heavy atom. The standard InChI is InChI=1S/C16H24N2O/c1-11-4-3-5-15(12(11)2)18-16(19)14-8-6-13(10-17)7-9-14/h3-5,13-14H,6-10,17H2,1-2H3,(H,18,19). The Hall–Kier alpha value is -1.35. The number of nitrogens with one attached hydrogen (secondary N) is 1. The van der Waals surface area contributed by atoms with Gasteiger partial charge in [0.05, 0.1) is 0 Å². The number of carbonyl (C=O) groups is 1. The molecule has 0 bridgehead atoms. The second-order valence-corrected chi connectivity index (χ2v) is 5.69. The van der Waals surface area contributed by atoms with Gasteiger partial charge in [0, 0.05) is 11.6 Å². The van der Waals surface area contributed by atoms with Crippen LogP contribution >= 0.6 is 0 Å². The topological polar surface area (TPSA) is 55.1 Å². The van der Waals surface area contributed by atoms with Crippen molar-refractivity contribution >= 4 is 11.6 Å². The van der Waals surface area contributed by atoms with Crippen LogP contribution in [0.15, 0.2) is 18.2 Å². The Bertz CT molecular complexity index is 448. The first-order chi connectivity index (χ1) is 9.11. The summed E-state index contributed by atoms with van der Waals surface area (Å²) < 4.78 is 0. The number of hydrogen-bond donors (Lipinski definition) is 2. The summed E-state index contributed by atoms with van der Waals surface area (Å²) in [6.45, 7) is 4.87. The third kappa shape index (κ3) is 3.35. The minimum absolute atomic E-state index is 0.155.